The first-order valence-corrected chi connectivity index (χ1v) is 10.3. The fourth-order valence-electron chi connectivity index (χ4n) is 3.96. The van der Waals surface area contributed by atoms with Crippen LogP contribution in [0, 0.1) is 5.92 Å². The molecule has 4 unspecified atom stereocenters. The molecular weight excluding hydrogens is 316 g/mol. The Kier molecular flexibility index (Phi) is 8.01. The van der Waals surface area contributed by atoms with Crippen LogP contribution in [0.2, 0.25) is 0 Å². The largest absolute Gasteiger partial charge is 0.444 e. The average Bonchev–Trinajstić information content (AvgIpc) is 2.54. The number of unbranched alkanes of at least 4 members (excludes halogenated alkanes) is 5. The molecule has 0 bridgehead atoms. The Balaban J connectivity index is 1.75. The van der Waals surface area contributed by atoms with Crippen molar-refractivity contribution in [1.29, 1.82) is 0 Å². The van der Waals surface area contributed by atoms with Gasteiger partial charge in [0.05, 0.1) is 18.2 Å². The van der Waals surface area contributed by atoms with E-state index in [9.17, 15) is 4.79 Å². The van der Waals surface area contributed by atoms with E-state index in [0.717, 1.165) is 26.0 Å². The highest BCUT2D eigenvalue weighted by molar-refractivity contribution is 5.68. The van der Waals surface area contributed by atoms with Gasteiger partial charge in [0.2, 0.25) is 0 Å². The van der Waals surface area contributed by atoms with Crippen molar-refractivity contribution in [1.82, 2.24) is 10.6 Å². The molecule has 2 N–H and O–H groups in total. The van der Waals surface area contributed by atoms with E-state index in [1.807, 2.05) is 20.8 Å². The zero-order valence-electron chi connectivity index (χ0n) is 16.6. The maximum absolute atomic E-state index is 12.2. The number of carbonyl (C=O) groups excluding carboxylic acids is 1. The third-order valence-corrected chi connectivity index (χ3v) is 5.21. The molecule has 2 aliphatic rings. The highest BCUT2D eigenvalue weighted by Gasteiger charge is 2.52. The van der Waals surface area contributed by atoms with Crippen molar-refractivity contribution in [2.75, 3.05) is 13.2 Å². The SMILES string of the molecule is CCCCCCCCNC1C(NC(=O)OC(C)(C)C)C2CCCOC21. The Morgan fingerprint density at radius 1 is 1.12 bits per heavy atom. The number of amides is 1. The van der Waals surface area contributed by atoms with Gasteiger partial charge < -0.3 is 20.1 Å². The molecule has 1 amide bonds. The lowest BCUT2D eigenvalue weighted by atomic mass is 9.68. The van der Waals surface area contributed by atoms with Crippen LogP contribution in [0.4, 0.5) is 4.79 Å². The lowest BCUT2D eigenvalue weighted by Crippen LogP contribution is -2.73. The number of carbonyl (C=O) groups is 1. The van der Waals surface area contributed by atoms with Gasteiger partial charge in [-0.05, 0) is 46.6 Å². The van der Waals surface area contributed by atoms with E-state index < -0.39 is 5.60 Å². The number of nitrogens with one attached hydrogen (secondary N) is 2. The summed E-state index contributed by atoms with van der Waals surface area (Å²) in [6.45, 7) is 9.78. The van der Waals surface area contributed by atoms with Crippen molar-refractivity contribution in [3.05, 3.63) is 0 Å². The zero-order chi connectivity index (χ0) is 18.3. The van der Waals surface area contributed by atoms with Crippen LogP contribution < -0.4 is 10.6 Å². The van der Waals surface area contributed by atoms with Crippen LogP contribution in [0.15, 0.2) is 0 Å². The molecule has 146 valence electrons. The van der Waals surface area contributed by atoms with Crippen molar-refractivity contribution in [2.45, 2.75) is 103 Å². The van der Waals surface area contributed by atoms with Crippen LogP contribution >= 0.6 is 0 Å². The van der Waals surface area contributed by atoms with E-state index in [1.165, 1.54) is 38.5 Å². The standard InChI is InChI=1S/C20H38N2O3/c1-5-6-7-8-9-10-13-21-17-16(15-12-11-14-24-18(15)17)22-19(23)25-20(2,3)4/h15-18,21H,5-14H2,1-4H3,(H,22,23). The fourth-order valence-corrected chi connectivity index (χ4v) is 3.96. The lowest BCUT2D eigenvalue weighted by molar-refractivity contribution is -0.128. The molecule has 1 saturated carbocycles. The molecular formula is C20H38N2O3. The molecule has 1 aliphatic carbocycles. The molecule has 0 aromatic carbocycles. The number of alkyl carbamates (subject to hydrolysis) is 1. The van der Waals surface area contributed by atoms with Crippen LogP contribution in [0.1, 0.15) is 79.1 Å². The van der Waals surface area contributed by atoms with Crippen LogP contribution in [0.3, 0.4) is 0 Å². The van der Waals surface area contributed by atoms with Gasteiger partial charge in [0, 0.05) is 12.5 Å². The van der Waals surface area contributed by atoms with Crippen molar-refractivity contribution < 1.29 is 14.3 Å². The highest BCUT2D eigenvalue weighted by Crippen LogP contribution is 2.38. The molecule has 0 spiro atoms. The minimum Gasteiger partial charge on any atom is -0.444 e. The summed E-state index contributed by atoms with van der Waals surface area (Å²) in [4.78, 5) is 12.2. The molecule has 5 nitrogen and oxygen atoms in total. The summed E-state index contributed by atoms with van der Waals surface area (Å²) in [5.41, 5.74) is -0.461. The topological polar surface area (TPSA) is 59.6 Å². The Morgan fingerprint density at radius 2 is 1.84 bits per heavy atom. The van der Waals surface area contributed by atoms with Crippen LogP contribution in [-0.4, -0.2) is 43.0 Å². The summed E-state index contributed by atoms with van der Waals surface area (Å²) in [7, 11) is 0. The smallest absolute Gasteiger partial charge is 0.407 e. The molecule has 2 fully saturated rings. The van der Waals surface area contributed by atoms with Gasteiger partial charge in [0.15, 0.2) is 0 Å². The molecule has 1 aliphatic heterocycles. The third kappa shape index (κ3) is 6.45. The van der Waals surface area contributed by atoms with E-state index in [1.54, 1.807) is 0 Å². The Bertz CT molecular complexity index is 408. The number of hydrogen-bond donors (Lipinski definition) is 2. The van der Waals surface area contributed by atoms with E-state index in [0.29, 0.717) is 5.92 Å². The van der Waals surface area contributed by atoms with Gasteiger partial charge in [-0.15, -0.1) is 0 Å². The second-order valence-corrected chi connectivity index (χ2v) is 8.56. The normalized spacial score (nSPS) is 28.8. The molecule has 25 heavy (non-hydrogen) atoms. The minimum absolute atomic E-state index is 0.125. The van der Waals surface area contributed by atoms with Crippen LogP contribution in [-0.2, 0) is 9.47 Å². The lowest BCUT2D eigenvalue weighted by Gasteiger charge is -2.54. The Hall–Kier alpha value is -0.810. The van der Waals surface area contributed by atoms with Gasteiger partial charge in [0.25, 0.3) is 0 Å². The summed E-state index contributed by atoms with van der Waals surface area (Å²) in [6.07, 6.45) is 9.91. The molecule has 4 atom stereocenters. The van der Waals surface area contributed by atoms with E-state index in [2.05, 4.69) is 17.6 Å². The first kappa shape index (κ1) is 20.5. The first-order chi connectivity index (χ1) is 11.9. The molecule has 1 saturated heterocycles. The van der Waals surface area contributed by atoms with Gasteiger partial charge in [-0.25, -0.2) is 4.79 Å². The average molecular weight is 355 g/mol. The maximum atomic E-state index is 12.2. The quantitative estimate of drug-likeness (QED) is 0.614. The fraction of sp³-hybridized carbons (Fsp3) is 0.950. The van der Waals surface area contributed by atoms with Crippen molar-refractivity contribution in [2.24, 2.45) is 5.92 Å². The maximum Gasteiger partial charge on any atom is 0.407 e. The number of rotatable bonds is 9. The summed E-state index contributed by atoms with van der Waals surface area (Å²) in [6, 6.07) is 0.341. The van der Waals surface area contributed by atoms with Gasteiger partial charge in [-0.3, -0.25) is 0 Å². The summed E-state index contributed by atoms with van der Waals surface area (Å²) in [5.74, 6) is 0.420. The van der Waals surface area contributed by atoms with Gasteiger partial charge in [-0.1, -0.05) is 39.0 Å². The van der Waals surface area contributed by atoms with Gasteiger partial charge in [-0.2, -0.15) is 0 Å². The Labute approximate surface area is 153 Å². The van der Waals surface area contributed by atoms with Crippen molar-refractivity contribution >= 4 is 6.09 Å². The number of fused-ring (bicyclic) bond motifs is 1. The van der Waals surface area contributed by atoms with Gasteiger partial charge >= 0.3 is 6.09 Å². The number of hydrogen-bond acceptors (Lipinski definition) is 4. The molecule has 0 radical (unpaired) electrons. The van der Waals surface area contributed by atoms with E-state index in [-0.39, 0.29) is 24.3 Å². The molecule has 0 aromatic rings. The molecule has 5 heteroatoms. The second kappa shape index (κ2) is 9.77. The third-order valence-electron chi connectivity index (χ3n) is 5.21. The Morgan fingerprint density at radius 3 is 2.56 bits per heavy atom. The van der Waals surface area contributed by atoms with Gasteiger partial charge in [0.1, 0.15) is 5.60 Å². The zero-order valence-corrected chi connectivity index (χ0v) is 16.6. The van der Waals surface area contributed by atoms with Crippen LogP contribution in [0.25, 0.3) is 0 Å². The molecule has 2 rings (SSSR count). The first-order valence-electron chi connectivity index (χ1n) is 10.3. The highest BCUT2D eigenvalue weighted by atomic mass is 16.6. The predicted molar refractivity (Wildman–Crippen MR) is 101 cm³/mol. The minimum atomic E-state index is -0.461. The molecule has 1 heterocycles. The second-order valence-electron chi connectivity index (χ2n) is 8.56. The van der Waals surface area contributed by atoms with E-state index in [4.69, 9.17) is 9.47 Å². The van der Waals surface area contributed by atoms with Crippen molar-refractivity contribution in [3.63, 3.8) is 0 Å². The summed E-state index contributed by atoms with van der Waals surface area (Å²) < 4.78 is 11.4. The molecule has 0 aromatic heterocycles. The monoisotopic (exact) mass is 354 g/mol. The summed E-state index contributed by atoms with van der Waals surface area (Å²) >= 11 is 0. The number of ether oxygens (including phenoxy) is 2. The van der Waals surface area contributed by atoms with Crippen LogP contribution in [0.5, 0.6) is 0 Å². The van der Waals surface area contributed by atoms with Crippen molar-refractivity contribution in [3.8, 4) is 0 Å². The van der Waals surface area contributed by atoms with E-state index >= 15 is 0 Å². The summed E-state index contributed by atoms with van der Waals surface area (Å²) in [5, 5.41) is 6.72. The predicted octanol–water partition coefficient (Wildman–Crippen LogP) is 4.01.